The van der Waals surface area contributed by atoms with E-state index in [9.17, 15) is 18.3 Å². The molecule has 3 heterocycles. The molecule has 0 bridgehead atoms. The molecule has 8 nitrogen and oxygen atoms in total. The standard InChI is InChI=1S/C25H29F3N6O2/c1-15(18-10-17(26)6-7-22(18)36-14-23(27)28)31-24-8-9-33-25(32-24)19(12-30-33)16-11-29-34(13-16)20-4-2-3-5-21(20)35/h6-12,15-16,20-21,23,35H,2-5,13-14H2,1H3,(H,31,32). The van der Waals surface area contributed by atoms with Crippen LogP contribution in [0, 0.1) is 5.82 Å². The highest BCUT2D eigenvalue weighted by Crippen LogP contribution is 2.32. The summed E-state index contributed by atoms with van der Waals surface area (Å²) in [5, 5.41) is 24.6. The Morgan fingerprint density at radius 3 is 2.86 bits per heavy atom. The van der Waals surface area contributed by atoms with Crippen molar-refractivity contribution in [1.82, 2.24) is 19.6 Å². The Kier molecular flexibility index (Phi) is 6.99. The average molecular weight is 503 g/mol. The number of ether oxygens (including phenoxy) is 1. The number of aliphatic hydroxyl groups is 1. The van der Waals surface area contributed by atoms with Gasteiger partial charge in [-0.1, -0.05) is 12.8 Å². The number of alkyl halides is 2. The van der Waals surface area contributed by atoms with Crippen molar-refractivity contribution in [2.75, 3.05) is 18.5 Å². The van der Waals surface area contributed by atoms with E-state index in [0.29, 0.717) is 23.6 Å². The zero-order valence-corrected chi connectivity index (χ0v) is 19.9. The molecule has 192 valence electrons. The minimum Gasteiger partial charge on any atom is -0.487 e. The van der Waals surface area contributed by atoms with E-state index in [4.69, 9.17) is 9.72 Å². The number of anilines is 1. The smallest absolute Gasteiger partial charge is 0.272 e. The Morgan fingerprint density at radius 1 is 1.22 bits per heavy atom. The first-order valence-corrected chi connectivity index (χ1v) is 12.2. The van der Waals surface area contributed by atoms with Gasteiger partial charge in [0.2, 0.25) is 0 Å². The van der Waals surface area contributed by atoms with Crippen molar-refractivity contribution in [2.45, 2.75) is 63.1 Å². The second kappa shape index (κ2) is 10.3. The summed E-state index contributed by atoms with van der Waals surface area (Å²) >= 11 is 0. The maximum atomic E-state index is 13.9. The molecule has 1 fully saturated rings. The molecular formula is C25H29F3N6O2. The topological polar surface area (TPSA) is 87.3 Å². The monoisotopic (exact) mass is 502 g/mol. The molecule has 36 heavy (non-hydrogen) atoms. The summed E-state index contributed by atoms with van der Waals surface area (Å²) < 4.78 is 46.1. The maximum absolute atomic E-state index is 13.9. The molecule has 1 aliphatic carbocycles. The van der Waals surface area contributed by atoms with Crippen LogP contribution >= 0.6 is 0 Å². The first kappa shape index (κ1) is 24.4. The summed E-state index contributed by atoms with van der Waals surface area (Å²) in [6.45, 7) is 1.66. The Bertz CT molecular complexity index is 1240. The molecule has 0 spiro atoms. The number of nitrogens with one attached hydrogen (secondary N) is 1. The van der Waals surface area contributed by atoms with Crippen LogP contribution in [0.4, 0.5) is 19.0 Å². The molecule has 1 aliphatic heterocycles. The average Bonchev–Trinajstić information content (AvgIpc) is 3.50. The van der Waals surface area contributed by atoms with Gasteiger partial charge >= 0.3 is 0 Å². The van der Waals surface area contributed by atoms with Gasteiger partial charge in [0.1, 0.15) is 24.0 Å². The third kappa shape index (κ3) is 5.11. The molecule has 2 N–H and O–H groups in total. The number of nitrogens with zero attached hydrogens (tertiary/aromatic N) is 5. The first-order valence-electron chi connectivity index (χ1n) is 12.2. The molecule has 3 aromatic rings. The maximum Gasteiger partial charge on any atom is 0.272 e. The molecule has 0 amide bonds. The van der Waals surface area contributed by atoms with Gasteiger partial charge in [0, 0.05) is 36.0 Å². The van der Waals surface area contributed by atoms with Crippen molar-refractivity contribution >= 4 is 17.7 Å². The van der Waals surface area contributed by atoms with Gasteiger partial charge in [-0.3, -0.25) is 5.01 Å². The first-order chi connectivity index (χ1) is 17.4. The molecule has 0 saturated heterocycles. The van der Waals surface area contributed by atoms with Gasteiger partial charge in [-0.15, -0.1) is 0 Å². The number of aliphatic hydroxyl groups excluding tert-OH is 1. The number of aromatic nitrogens is 3. The Hall–Kier alpha value is -3.34. The fraction of sp³-hybridized carbons (Fsp3) is 0.480. The van der Waals surface area contributed by atoms with E-state index in [1.165, 1.54) is 18.2 Å². The highest BCUT2D eigenvalue weighted by atomic mass is 19.3. The van der Waals surface area contributed by atoms with Gasteiger partial charge < -0.3 is 15.2 Å². The van der Waals surface area contributed by atoms with Crippen LogP contribution in [0.15, 0.2) is 41.8 Å². The largest absolute Gasteiger partial charge is 0.487 e. The molecule has 4 unspecified atom stereocenters. The lowest BCUT2D eigenvalue weighted by Crippen LogP contribution is -2.42. The molecule has 4 atom stereocenters. The lowest BCUT2D eigenvalue weighted by molar-refractivity contribution is 0.0253. The molecule has 11 heteroatoms. The number of rotatable bonds is 8. The van der Waals surface area contributed by atoms with Gasteiger partial charge in [0.25, 0.3) is 6.43 Å². The Labute approximate surface area is 206 Å². The van der Waals surface area contributed by atoms with E-state index >= 15 is 0 Å². The van der Waals surface area contributed by atoms with Crippen LogP contribution in [-0.2, 0) is 0 Å². The molecule has 2 aliphatic rings. The quantitative estimate of drug-likeness (QED) is 0.476. The van der Waals surface area contributed by atoms with Gasteiger partial charge in [0.15, 0.2) is 5.65 Å². The van der Waals surface area contributed by atoms with Crippen LogP contribution in [0.25, 0.3) is 5.65 Å². The summed E-state index contributed by atoms with van der Waals surface area (Å²) in [6, 6.07) is 5.10. The van der Waals surface area contributed by atoms with E-state index in [2.05, 4.69) is 15.5 Å². The number of halogens is 3. The molecular weight excluding hydrogens is 473 g/mol. The fourth-order valence-corrected chi connectivity index (χ4v) is 4.97. The van der Waals surface area contributed by atoms with Crippen molar-refractivity contribution in [3.8, 4) is 5.75 Å². The third-order valence-corrected chi connectivity index (χ3v) is 6.82. The lowest BCUT2D eigenvalue weighted by Gasteiger charge is -2.34. The minimum absolute atomic E-state index is 0.0191. The highest BCUT2D eigenvalue weighted by molar-refractivity contribution is 5.74. The zero-order valence-electron chi connectivity index (χ0n) is 19.9. The van der Waals surface area contributed by atoms with E-state index < -0.39 is 24.9 Å². The van der Waals surface area contributed by atoms with Crippen LogP contribution in [0.3, 0.4) is 0 Å². The van der Waals surface area contributed by atoms with Crippen molar-refractivity contribution < 1.29 is 23.0 Å². The normalized spacial score (nSPS) is 22.9. The van der Waals surface area contributed by atoms with Crippen molar-refractivity contribution in [3.63, 3.8) is 0 Å². The summed E-state index contributed by atoms with van der Waals surface area (Å²) in [4.78, 5) is 4.73. The predicted octanol–water partition coefficient (Wildman–Crippen LogP) is 4.37. The van der Waals surface area contributed by atoms with Crippen molar-refractivity contribution in [2.24, 2.45) is 5.10 Å². The van der Waals surface area contributed by atoms with Gasteiger partial charge in [-0.25, -0.2) is 22.7 Å². The van der Waals surface area contributed by atoms with Crippen LogP contribution in [0.5, 0.6) is 5.75 Å². The number of benzene rings is 1. The number of hydrogen-bond acceptors (Lipinski definition) is 7. The molecule has 5 rings (SSSR count). The Balaban J connectivity index is 1.33. The summed E-state index contributed by atoms with van der Waals surface area (Å²) in [5.41, 5.74) is 1.98. The number of hydrogen-bond donors (Lipinski definition) is 2. The van der Waals surface area contributed by atoms with Crippen LogP contribution in [0.2, 0.25) is 0 Å². The second-order valence-electron chi connectivity index (χ2n) is 9.34. The van der Waals surface area contributed by atoms with Gasteiger partial charge in [0.05, 0.1) is 24.4 Å². The van der Waals surface area contributed by atoms with Gasteiger partial charge in [-0.05, 0) is 44.0 Å². The van der Waals surface area contributed by atoms with E-state index in [1.54, 1.807) is 29.9 Å². The molecule has 2 aromatic heterocycles. The van der Waals surface area contributed by atoms with Gasteiger partial charge in [-0.2, -0.15) is 10.2 Å². The summed E-state index contributed by atoms with van der Waals surface area (Å²) in [5.74, 6) is 0.206. The molecule has 0 radical (unpaired) electrons. The summed E-state index contributed by atoms with van der Waals surface area (Å²) in [6.07, 6.45) is 6.27. The number of hydrazone groups is 1. The zero-order chi connectivity index (χ0) is 25.2. The minimum atomic E-state index is -2.63. The van der Waals surface area contributed by atoms with E-state index in [0.717, 1.165) is 31.2 Å². The molecule has 1 aromatic carbocycles. The highest BCUT2D eigenvalue weighted by Gasteiger charge is 2.33. The van der Waals surface area contributed by atoms with Crippen LogP contribution in [-0.4, -0.2) is 62.7 Å². The fourth-order valence-electron chi connectivity index (χ4n) is 4.97. The SMILES string of the molecule is CC(Nc1ccn2ncc(C3C=NN(C4CCCCC4O)C3)c2n1)c1cc(F)ccc1OCC(F)F. The van der Waals surface area contributed by atoms with Crippen molar-refractivity contribution in [3.05, 3.63) is 53.6 Å². The van der Waals surface area contributed by atoms with Crippen LogP contribution < -0.4 is 10.1 Å². The van der Waals surface area contributed by atoms with Crippen LogP contribution in [0.1, 0.15) is 55.7 Å². The van der Waals surface area contributed by atoms with E-state index in [-0.39, 0.29) is 23.8 Å². The molecule has 1 saturated carbocycles. The third-order valence-electron chi connectivity index (χ3n) is 6.82. The predicted molar refractivity (Wildman–Crippen MR) is 129 cm³/mol. The lowest BCUT2D eigenvalue weighted by atomic mass is 9.91. The summed E-state index contributed by atoms with van der Waals surface area (Å²) in [7, 11) is 0. The van der Waals surface area contributed by atoms with E-state index in [1.807, 2.05) is 11.2 Å². The second-order valence-corrected chi connectivity index (χ2v) is 9.34. The number of fused-ring (bicyclic) bond motifs is 1. The Morgan fingerprint density at radius 2 is 2.06 bits per heavy atom. The van der Waals surface area contributed by atoms with Crippen molar-refractivity contribution in [1.29, 1.82) is 0 Å².